The van der Waals surface area contributed by atoms with Crippen LogP contribution in [0.4, 0.5) is 0 Å². The van der Waals surface area contributed by atoms with Crippen LogP contribution in [0.15, 0.2) is 48.6 Å². The van der Waals surface area contributed by atoms with E-state index < -0.39 is 11.9 Å². The van der Waals surface area contributed by atoms with E-state index in [1.165, 1.54) is 12.2 Å². The molecule has 0 unspecified atom stereocenters. The molecule has 0 aliphatic heterocycles. The average molecular weight is 194 g/mol. The largest absolute Gasteiger partial charge is 0.478 e. The Morgan fingerprint density at radius 2 is 1.14 bits per heavy atom. The van der Waals surface area contributed by atoms with Crippen LogP contribution in [0.2, 0.25) is 0 Å². The first-order valence-electron chi connectivity index (χ1n) is 3.67. The summed E-state index contributed by atoms with van der Waals surface area (Å²) in [6.07, 6.45) is 4.66. The van der Waals surface area contributed by atoms with Crippen molar-refractivity contribution in [2.75, 3.05) is 0 Å². The molecule has 0 saturated heterocycles. The minimum absolute atomic E-state index is 0.326. The van der Waals surface area contributed by atoms with Crippen molar-refractivity contribution in [3.05, 3.63) is 48.6 Å². The van der Waals surface area contributed by atoms with E-state index in [0.29, 0.717) is 0 Å². The van der Waals surface area contributed by atoms with Gasteiger partial charge in [-0.05, 0) is 12.2 Å². The number of hydrogen-bond acceptors (Lipinski definition) is 2. The van der Waals surface area contributed by atoms with Gasteiger partial charge < -0.3 is 10.2 Å². The zero-order chi connectivity index (χ0) is 11.1. The van der Waals surface area contributed by atoms with Gasteiger partial charge in [0.25, 0.3) is 0 Å². The second-order valence-electron chi connectivity index (χ2n) is 2.24. The van der Waals surface area contributed by atoms with Gasteiger partial charge in [0, 0.05) is 0 Å². The van der Waals surface area contributed by atoms with E-state index in [2.05, 4.69) is 13.2 Å². The first-order chi connectivity index (χ1) is 6.54. The summed E-state index contributed by atoms with van der Waals surface area (Å²) in [5.74, 6) is -2.64. The smallest absolute Gasteiger partial charge is 0.336 e. The number of hydrogen-bond donors (Lipinski definition) is 2. The van der Waals surface area contributed by atoms with Crippen LogP contribution in [-0.2, 0) is 9.59 Å². The molecule has 0 aromatic carbocycles. The fraction of sp³-hybridized carbons (Fsp3) is 0. The van der Waals surface area contributed by atoms with Crippen LogP contribution in [0, 0.1) is 0 Å². The number of aliphatic carboxylic acids is 2. The number of carboxylic acid groups (broad SMARTS) is 2. The standard InChI is InChI=1S/C10H10O4/c1-3-5-7(9(11)12)8(6-4-2)10(13)14/h3-6H,1-2H2,(H,11,12)(H,13,14)/b7-5+,8-6+. The average Bonchev–Trinajstić information content (AvgIpc) is 2.10. The minimum atomic E-state index is -1.32. The highest BCUT2D eigenvalue weighted by molar-refractivity contribution is 6.05. The Bertz CT molecular complexity index is 300. The van der Waals surface area contributed by atoms with Crippen molar-refractivity contribution in [2.24, 2.45) is 0 Å². The summed E-state index contributed by atoms with van der Waals surface area (Å²) in [6, 6.07) is 0. The van der Waals surface area contributed by atoms with E-state index >= 15 is 0 Å². The highest BCUT2D eigenvalue weighted by Crippen LogP contribution is 2.11. The van der Waals surface area contributed by atoms with Gasteiger partial charge in [-0.2, -0.15) is 0 Å². The maximum absolute atomic E-state index is 10.7. The maximum atomic E-state index is 10.7. The lowest BCUT2D eigenvalue weighted by Gasteiger charge is -2.00. The van der Waals surface area contributed by atoms with Gasteiger partial charge >= 0.3 is 11.9 Å². The van der Waals surface area contributed by atoms with Gasteiger partial charge in [-0.3, -0.25) is 0 Å². The Morgan fingerprint density at radius 1 is 0.857 bits per heavy atom. The molecule has 0 aromatic rings. The van der Waals surface area contributed by atoms with Crippen LogP contribution in [0.3, 0.4) is 0 Å². The molecule has 0 amide bonds. The third kappa shape index (κ3) is 3.10. The molecule has 0 heterocycles. The third-order valence-corrected chi connectivity index (χ3v) is 1.32. The molecule has 0 radical (unpaired) electrons. The lowest BCUT2D eigenvalue weighted by atomic mass is 10.1. The summed E-state index contributed by atoms with van der Waals surface area (Å²) in [6.45, 7) is 6.60. The molecule has 74 valence electrons. The van der Waals surface area contributed by atoms with Crippen LogP contribution < -0.4 is 0 Å². The Kier molecular flexibility index (Phi) is 4.70. The second-order valence-corrected chi connectivity index (χ2v) is 2.24. The fourth-order valence-corrected chi connectivity index (χ4v) is 0.788. The van der Waals surface area contributed by atoms with Crippen molar-refractivity contribution in [1.29, 1.82) is 0 Å². The van der Waals surface area contributed by atoms with Gasteiger partial charge in [0.1, 0.15) is 0 Å². The van der Waals surface area contributed by atoms with Gasteiger partial charge in [-0.15, -0.1) is 0 Å². The fourth-order valence-electron chi connectivity index (χ4n) is 0.788. The van der Waals surface area contributed by atoms with Gasteiger partial charge in [0.15, 0.2) is 0 Å². The normalized spacial score (nSPS) is 12.0. The maximum Gasteiger partial charge on any atom is 0.336 e. The molecule has 14 heavy (non-hydrogen) atoms. The van der Waals surface area contributed by atoms with E-state index in [0.717, 1.165) is 12.2 Å². The first kappa shape index (κ1) is 11.9. The molecule has 4 nitrogen and oxygen atoms in total. The molecule has 4 heteroatoms. The molecule has 0 bridgehead atoms. The van der Waals surface area contributed by atoms with Gasteiger partial charge in [-0.1, -0.05) is 25.3 Å². The van der Waals surface area contributed by atoms with E-state index in [-0.39, 0.29) is 11.1 Å². The second kappa shape index (κ2) is 5.53. The quantitative estimate of drug-likeness (QED) is 0.512. The number of carboxylic acids is 2. The molecule has 0 spiro atoms. The molecule has 0 aromatic heterocycles. The highest BCUT2D eigenvalue weighted by Gasteiger charge is 2.17. The molecule has 0 aliphatic carbocycles. The number of rotatable bonds is 5. The molecule has 2 N–H and O–H groups in total. The molecule has 0 atom stereocenters. The van der Waals surface area contributed by atoms with Crippen LogP contribution in [0.1, 0.15) is 0 Å². The Hall–Kier alpha value is -2.10. The molecule has 0 aliphatic rings. The monoisotopic (exact) mass is 194 g/mol. The summed E-state index contributed by atoms with van der Waals surface area (Å²) < 4.78 is 0. The van der Waals surface area contributed by atoms with Gasteiger partial charge in [0.2, 0.25) is 0 Å². The van der Waals surface area contributed by atoms with Crippen LogP contribution in [0.5, 0.6) is 0 Å². The lowest BCUT2D eigenvalue weighted by Crippen LogP contribution is -2.10. The minimum Gasteiger partial charge on any atom is -0.478 e. The molecule has 0 saturated carbocycles. The van der Waals surface area contributed by atoms with Crippen molar-refractivity contribution < 1.29 is 19.8 Å². The summed E-state index contributed by atoms with van der Waals surface area (Å²) in [4.78, 5) is 21.3. The zero-order valence-electron chi connectivity index (χ0n) is 7.43. The van der Waals surface area contributed by atoms with Crippen molar-refractivity contribution in [2.45, 2.75) is 0 Å². The van der Waals surface area contributed by atoms with Crippen LogP contribution in [-0.4, -0.2) is 22.2 Å². The van der Waals surface area contributed by atoms with Gasteiger partial charge in [-0.25, -0.2) is 9.59 Å². The van der Waals surface area contributed by atoms with E-state index in [1.54, 1.807) is 0 Å². The lowest BCUT2D eigenvalue weighted by molar-refractivity contribution is -0.136. The molecule has 0 rings (SSSR count). The molecule has 0 fully saturated rings. The number of allylic oxidation sites excluding steroid dienone is 4. The van der Waals surface area contributed by atoms with Crippen molar-refractivity contribution in [1.82, 2.24) is 0 Å². The van der Waals surface area contributed by atoms with E-state index in [1.807, 2.05) is 0 Å². The summed E-state index contributed by atoms with van der Waals surface area (Å²) in [5, 5.41) is 17.4. The first-order valence-corrected chi connectivity index (χ1v) is 3.67. The topological polar surface area (TPSA) is 74.6 Å². The highest BCUT2D eigenvalue weighted by atomic mass is 16.4. The van der Waals surface area contributed by atoms with Crippen molar-refractivity contribution in [3.63, 3.8) is 0 Å². The van der Waals surface area contributed by atoms with Crippen molar-refractivity contribution >= 4 is 11.9 Å². The molecular formula is C10H10O4. The van der Waals surface area contributed by atoms with Crippen LogP contribution in [0.25, 0.3) is 0 Å². The zero-order valence-corrected chi connectivity index (χ0v) is 7.43. The Balaban J connectivity index is 5.35. The van der Waals surface area contributed by atoms with Crippen molar-refractivity contribution in [3.8, 4) is 0 Å². The van der Waals surface area contributed by atoms with E-state index in [4.69, 9.17) is 10.2 Å². The SMILES string of the molecule is C=C/C=C(C(=O)O)\C(=C/C=C)C(=O)O. The summed E-state index contributed by atoms with van der Waals surface area (Å²) in [5.41, 5.74) is -0.653. The van der Waals surface area contributed by atoms with Gasteiger partial charge in [0.05, 0.1) is 11.1 Å². The predicted molar refractivity (Wildman–Crippen MR) is 51.8 cm³/mol. The third-order valence-electron chi connectivity index (χ3n) is 1.32. The summed E-state index contributed by atoms with van der Waals surface area (Å²) >= 11 is 0. The Morgan fingerprint density at radius 3 is 1.29 bits per heavy atom. The Labute approximate surface area is 81.2 Å². The predicted octanol–water partition coefficient (Wildman–Crippen LogP) is 1.38. The van der Waals surface area contributed by atoms with E-state index in [9.17, 15) is 9.59 Å². The number of carbonyl (C=O) groups is 2. The summed E-state index contributed by atoms with van der Waals surface area (Å²) in [7, 11) is 0. The van der Waals surface area contributed by atoms with Crippen LogP contribution >= 0.6 is 0 Å². The molecular weight excluding hydrogens is 184 g/mol.